The Kier molecular flexibility index (Phi) is 25.0. The summed E-state index contributed by atoms with van der Waals surface area (Å²) in [5, 5.41) is 43.5. The molecule has 0 saturated heterocycles. The van der Waals surface area contributed by atoms with Crippen molar-refractivity contribution in [2.75, 3.05) is 19.8 Å². The average Bonchev–Trinajstić information content (AvgIpc) is 2.75. The summed E-state index contributed by atoms with van der Waals surface area (Å²) in [6.07, 6.45) is 9.50. The van der Waals surface area contributed by atoms with Gasteiger partial charge in [0.25, 0.3) is 0 Å². The predicted molar refractivity (Wildman–Crippen MR) is 115 cm³/mol. The number of aldehydes is 1. The van der Waals surface area contributed by atoms with Crippen molar-refractivity contribution in [3.8, 4) is 0 Å². The molecule has 0 aliphatic rings. The Bertz CT molecular complexity index is 314. The highest BCUT2D eigenvalue weighted by Crippen LogP contribution is 2.07. The maximum atomic E-state index is 9.90. The maximum absolute atomic E-state index is 9.90. The van der Waals surface area contributed by atoms with Crippen molar-refractivity contribution in [2.24, 2.45) is 0 Å². The minimum atomic E-state index is -1.79. The van der Waals surface area contributed by atoms with Crippen LogP contribution in [-0.2, 0) is 9.53 Å². The van der Waals surface area contributed by atoms with Gasteiger partial charge in [-0.2, -0.15) is 0 Å². The van der Waals surface area contributed by atoms with Crippen LogP contribution in [0, 0.1) is 0 Å². The minimum Gasteiger partial charge on any atom is -0.394 e. The largest absolute Gasteiger partial charge is 0.394 e. The molecule has 4 atom stereocenters. The molecule has 0 bridgehead atoms. The van der Waals surface area contributed by atoms with E-state index in [1.165, 1.54) is 77.0 Å². The van der Waals surface area contributed by atoms with Crippen molar-refractivity contribution in [1.82, 2.24) is 0 Å². The fourth-order valence-corrected chi connectivity index (χ4v) is 2.69. The van der Waals surface area contributed by atoms with Crippen LogP contribution in [-0.4, -0.2) is 76.1 Å². The molecule has 0 heterocycles. The summed E-state index contributed by atoms with van der Waals surface area (Å²) >= 11 is 0. The molecule has 0 aromatic heterocycles. The molecular formula is C22H46O7. The van der Waals surface area contributed by atoms with Gasteiger partial charge in [-0.15, -0.1) is 0 Å². The van der Waals surface area contributed by atoms with Crippen molar-refractivity contribution in [3.05, 3.63) is 0 Å². The van der Waals surface area contributed by atoms with Gasteiger partial charge >= 0.3 is 0 Å². The van der Waals surface area contributed by atoms with Crippen molar-refractivity contribution < 1.29 is 35.1 Å². The van der Waals surface area contributed by atoms with Crippen molar-refractivity contribution >= 4 is 6.29 Å². The number of ether oxygens (including phenoxy) is 1. The summed E-state index contributed by atoms with van der Waals surface area (Å²) in [5.74, 6) is 0. The lowest BCUT2D eigenvalue weighted by molar-refractivity contribution is -0.136. The lowest BCUT2D eigenvalue weighted by Gasteiger charge is -2.22. The van der Waals surface area contributed by atoms with Gasteiger partial charge in [0, 0.05) is 13.2 Å². The van der Waals surface area contributed by atoms with Gasteiger partial charge in [0.2, 0.25) is 0 Å². The summed E-state index contributed by atoms with van der Waals surface area (Å²) < 4.78 is 5.65. The number of hydrogen-bond donors (Lipinski definition) is 5. The first kappa shape index (κ1) is 30.6. The second-order valence-corrected chi connectivity index (χ2v) is 7.51. The van der Waals surface area contributed by atoms with E-state index in [4.69, 9.17) is 30.3 Å². The van der Waals surface area contributed by atoms with Gasteiger partial charge in [0.15, 0.2) is 6.29 Å². The highest BCUT2D eigenvalue weighted by Gasteiger charge is 2.29. The van der Waals surface area contributed by atoms with Crippen LogP contribution in [0.5, 0.6) is 0 Å². The molecule has 0 aliphatic heterocycles. The zero-order chi connectivity index (χ0) is 22.3. The molecule has 0 rings (SSSR count). The Hall–Kier alpha value is -0.570. The molecule has 0 saturated carbocycles. The van der Waals surface area contributed by atoms with E-state index in [0.29, 0.717) is 0 Å². The van der Waals surface area contributed by atoms with Gasteiger partial charge in [-0.3, -0.25) is 0 Å². The Morgan fingerprint density at radius 3 is 1.48 bits per heavy atom. The molecular weight excluding hydrogens is 376 g/mol. The molecule has 0 spiro atoms. The molecule has 7 heteroatoms. The lowest BCUT2D eigenvalue weighted by Crippen LogP contribution is -2.46. The third kappa shape index (κ3) is 20.5. The summed E-state index contributed by atoms with van der Waals surface area (Å²) in [4.78, 5) is 9.90. The lowest BCUT2D eigenvalue weighted by atomic mass is 10.0. The predicted octanol–water partition coefficient (Wildman–Crippen LogP) is 2.35. The fourth-order valence-electron chi connectivity index (χ4n) is 2.69. The van der Waals surface area contributed by atoms with E-state index in [9.17, 15) is 4.79 Å². The second-order valence-electron chi connectivity index (χ2n) is 7.51. The number of carbonyl (C=O) groups excluding carboxylic acids is 1. The summed E-state index contributed by atoms with van der Waals surface area (Å²) in [6.45, 7) is 5.75. The van der Waals surface area contributed by atoms with E-state index in [1.54, 1.807) is 0 Å². The highest BCUT2D eigenvalue weighted by molar-refractivity contribution is 5.56. The van der Waals surface area contributed by atoms with Gasteiger partial charge in [0.05, 0.1) is 6.61 Å². The number of aliphatic hydroxyl groups is 5. The van der Waals surface area contributed by atoms with E-state index in [1.807, 2.05) is 0 Å². The van der Waals surface area contributed by atoms with Crippen LogP contribution in [0.4, 0.5) is 0 Å². The third-order valence-electron chi connectivity index (χ3n) is 4.70. The average molecular weight is 423 g/mol. The Balaban J connectivity index is 0. The standard InChI is InChI=1S/C16H34O.C6H12O6/c1-3-5-7-9-11-13-15-17-16-14-12-10-8-6-4-2;7-1-3(9)5(11)6(12)4(10)2-8/h3-16H2,1-2H3;1,3-6,8-12H,2H2/t;3-,4+,5+,6+/m.0/s1. The number of hydrogen-bond acceptors (Lipinski definition) is 7. The maximum Gasteiger partial charge on any atom is 0.151 e. The second kappa shape index (κ2) is 23.7. The number of unbranched alkanes of at least 4 members (excludes halogenated alkanes) is 10. The smallest absolute Gasteiger partial charge is 0.151 e. The number of rotatable bonds is 19. The van der Waals surface area contributed by atoms with Crippen molar-refractivity contribution in [2.45, 2.75) is 115 Å². The molecule has 0 aliphatic carbocycles. The van der Waals surface area contributed by atoms with Gasteiger partial charge in [-0.1, -0.05) is 78.1 Å². The number of aliphatic hydroxyl groups excluding tert-OH is 5. The minimum absolute atomic E-state index is 0.0258. The number of carbonyl (C=O) groups is 1. The SMILES string of the molecule is CCCCCCCCOCCCCCCCC.O=C[C@H](O)[C@@H](O)[C@H](O)[C@H](O)CO. The van der Waals surface area contributed by atoms with Gasteiger partial charge in [-0.05, 0) is 12.8 Å². The van der Waals surface area contributed by atoms with E-state index >= 15 is 0 Å². The van der Waals surface area contributed by atoms with Gasteiger partial charge in [0.1, 0.15) is 24.4 Å². The normalized spacial score (nSPS) is 15.1. The zero-order valence-electron chi connectivity index (χ0n) is 18.5. The fraction of sp³-hybridized carbons (Fsp3) is 0.955. The van der Waals surface area contributed by atoms with E-state index < -0.39 is 31.0 Å². The molecule has 29 heavy (non-hydrogen) atoms. The quantitative estimate of drug-likeness (QED) is 0.160. The first-order valence-corrected chi connectivity index (χ1v) is 11.3. The van der Waals surface area contributed by atoms with Crippen LogP contribution in [0.2, 0.25) is 0 Å². The molecule has 0 aromatic rings. The molecule has 176 valence electrons. The summed E-state index contributed by atoms with van der Waals surface area (Å²) in [5.41, 5.74) is 0. The topological polar surface area (TPSA) is 127 Å². The van der Waals surface area contributed by atoms with Crippen LogP contribution >= 0.6 is 0 Å². The van der Waals surface area contributed by atoms with Crippen LogP contribution in [0.15, 0.2) is 0 Å². The molecule has 0 aromatic carbocycles. The van der Waals surface area contributed by atoms with Crippen LogP contribution in [0.3, 0.4) is 0 Å². The van der Waals surface area contributed by atoms with E-state index in [-0.39, 0.29) is 6.29 Å². The highest BCUT2D eigenvalue weighted by atomic mass is 16.5. The van der Waals surface area contributed by atoms with E-state index in [0.717, 1.165) is 13.2 Å². The van der Waals surface area contributed by atoms with Crippen LogP contribution in [0.1, 0.15) is 90.9 Å². The Morgan fingerprint density at radius 1 is 0.690 bits per heavy atom. The Morgan fingerprint density at radius 2 is 1.10 bits per heavy atom. The van der Waals surface area contributed by atoms with Gasteiger partial charge in [-0.25, -0.2) is 0 Å². The summed E-state index contributed by atoms with van der Waals surface area (Å²) in [7, 11) is 0. The zero-order valence-corrected chi connectivity index (χ0v) is 18.5. The molecule has 0 unspecified atom stereocenters. The van der Waals surface area contributed by atoms with Gasteiger partial charge < -0.3 is 35.1 Å². The van der Waals surface area contributed by atoms with Crippen LogP contribution < -0.4 is 0 Å². The first-order valence-electron chi connectivity index (χ1n) is 11.3. The molecule has 0 fully saturated rings. The third-order valence-corrected chi connectivity index (χ3v) is 4.70. The van der Waals surface area contributed by atoms with Crippen molar-refractivity contribution in [1.29, 1.82) is 0 Å². The summed E-state index contributed by atoms with van der Waals surface area (Å²) in [6, 6.07) is 0. The first-order chi connectivity index (χ1) is 14.0. The Labute approximate surface area is 177 Å². The molecule has 7 nitrogen and oxygen atoms in total. The van der Waals surface area contributed by atoms with Crippen molar-refractivity contribution in [3.63, 3.8) is 0 Å². The molecule has 5 N–H and O–H groups in total. The van der Waals surface area contributed by atoms with E-state index in [2.05, 4.69) is 13.8 Å². The molecule has 0 radical (unpaired) electrons. The monoisotopic (exact) mass is 422 g/mol. The molecule has 0 amide bonds. The van der Waals surface area contributed by atoms with Crippen LogP contribution in [0.25, 0.3) is 0 Å².